The van der Waals surface area contributed by atoms with Crippen molar-refractivity contribution in [2.24, 2.45) is 0 Å². The molecule has 27 heavy (non-hydrogen) atoms. The largest absolute Gasteiger partial charge is 0.361 e. The summed E-state index contributed by atoms with van der Waals surface area (Å²) in [4.78, 5) is 38.6. The first-order chi connectivity index (χ1) is 12.6. The summed E-state index contributed by atoms with van der Waals surface area (Å²) >= 11 is 17.5. The van der Waals surface area contributed by atoms with E-state index in [1.165, 1.54) is 12.4 Å². The number of amides is 3. The second kappa shape index (κ2) is 8.69. The molecule has 0 aromatic carbocycles. The Kier molecular flexibility index (Phi) is 6.80. The quantitative estimate of drug-likeness (QED) is 0.710. The smallest absolute Gasteiger partial charge is 0.326 e. The number of halogens is 3. The van der Waals surface area contributed by atoms with Gasteiger partial charge in [-0.2, -0.15) is 0 Å². The molecule has 0 bridgehead atoms. The van der Waals surface area contributed by atoms with Gasteiger partial charge in [0.25, 0.3) is 5.91 Å². The summed E-state index contributed by atoms with van der Waals surface area (Å²) in [5.41, 5.74) is 0.953. The van der Waals surface area contributed by atoms with Gasteiger partial charge in [-0.15, -0.1) is 0 Å². The molecule has 3 amide bonds. The second-order valence-electron chi connectivity index (χ2n) is 6.01. The Hall–Kier alpha value is -2.16. The lowest BCUT2D eigenvalue weighted by atomic mass is 10.1. The van der Waals surface area contributed by atoms with Crippen LogP contribution >= 0.6 is 34.8 Å². The minimum atomic E-state index is -0.780. The fourth-order valence-electron chi connectivity index (χ4n) is 2.21. The molecule has 2 N–H and O–H groups in total. The number of pyridine rings is 1. The molecule has 0 unspecified atom stereocenters. The summed E-state index contributed by atoms with van der Waals surface area (Å²) in [5, 5.41) is 4.63. The predicted octanol–water partition coefficient (Wildman–Crippen LogP) is 3.98. The Morgan fingerprint density at radius 2 is 1.78 bits per heavy atom. The molecule has 0 spiro atoms. The first-order valence-electron chi connectivity index (χ1n) is 7.77. The van der Waals surface area contributed by atoms with Crippen molar-refractivity contribution in [2.75, 3.05) is 24.3 Å². The van der Waals surface area contributed by atoms with Crippen LogP contribution in [0, 0.1) is 0 Å². The second-order valence-corrected chi connectivity index (χ2v) is 7.14. The lowest BCUT2D eigenvalue weighted by Gasteiger charge is -2.20. The Morgan fingerprint density at radius 1 is 1.11 bits per heavy atom. The van der Waals surface area contributed by atoms with E-state index in [0.717, 1.165) is 0 Å². The summed E-state index contributed by atoms with van der Waals surface area (Å²) in [5.74, 6) is -0.255. The van der Waals surface area contributed by atoms with Crippen LogP contribution in [0.5, 0.6) is 0 Å². The van der Waals surface area contributed by atoms with Crippen LogP contribution in [-0.2, 0) is 0 Å². The predicted molar refractivity (Wildman–Crippen MR) is 106 cm³/mol. The van der Waals surface area contributed by atoms with E-state index in [1.54, 1.807) is 19.0 Å². The first kappa shape index (κ1) is 21.1. The van der Waals surface area contributed by atoms with E-state index in [2.05, 4.69) is 25.6 Å². The van der Waals surface area contributed by atoms with E-state index in [9.17, 15) is 9.59 Å². The van der Waals surface area contributed by atoms with Gasteiger partial charge in [0, 0.05) is 14.1 Å². The summed E-state index contributed by atoms with van der Waals surface area (Å²) < 4.78 is 0. The van der Waals surface area contributed by atoms with Crippen LogP contribution in [0.4, 0.5) is 16.3 Å². The number of nitrogens with one attached hydrogen (secondary N) is 2. The molecule has 0 fully saturated rings. The Bertz CT molecular complexity index is 862. The fraction of sp³-hybridized carbons (Fsp3) is 0.312. The molecule has 2 aromatic rings. The molecule has 0 aliphatic rings. The Labute approximate surface area is 171 Å². The molecular weight excluding hydrogens is 415 g/mol. The highest BCUT2D eigenvalue weighted by molar-refractivity contribution is 6.42. The van der Waals surface area contributed by atoms with Crippen molar-refractivity contribution < 1.29 is 9.59 Å². The maximum Gasteiger partial charge on any atom is 0.326 e. The maximum absolute atomic E-state index is 12.4. The normalized spacial score (nSPS) is 10.7. The van der Waals surface area contributed by atoms with Gasteiger partial charge in [-0.25, -0.2) is 19.7 Å². The van der Waals surface area contributed by atoms with Crippen molar-refractivity contribution in [3.8, 4) is 0 Å². The molecule has 2 aromatic heterocycles. The van der Waals surface area contributed by atoms with Gasteiger partial charge in [0.15, 0.2) is 5.82 Å². The van der Waals surface area contributed by atoms with Gasteiger partial charge in [0.05, 0.1) is 16.3 Å². The molecular formula is C16H17Cl3N6O2. The van der Waals surface area contributed by atoms with Gasteiger partial charge in [0.1, 0.15) is 22.3 Å². The van der Waals surface area contributed by atoms with Gasteiger partial charge in [-0.1, -0.05) is 48.7 Å². The number of hydrogen-bond donors (Lipinski definition) is 2. The summed E-state index contributed by atoms with van der Waals surface area (Å²) in [7, 11) is 3.56. The van der Waals surface area contributed by atoms with Crippen LogP contribution in [0.3, 0.4) is 0 Å². The van der Waals surface area contributed by atoms with Crippen LogP contribution in [0.2, 0.25) is 15.3 Å². The van der Waals surface area contributed by atoms with E-state index in [0.29, 0.717) is 17.2 Å². The zero-order valence-corrected chi connectivity index (χ0v) is 17.2. The standard InChI is InChI=1S/C16H17Cl3N6O2/c1-7(2)10-11(14(25(3)4)21-6-20-10)22-16(27)24-15(26)8-5-9(17)13(19)23-12(8)18/h5-7H,1-4H3,(H2,22,24,26,27). The number of urea groups is 1. The molecule has 0 aliphatic heterocycles. The summed E-state index contributed by atoms with van der Waals surface area (Å²) in [6.07, 6.45) is 1.42. The average molecular weight is 432 g/mol. The minimum Gasteiger partial charge on any atom is -0.361 e. The lowest BCUT2D eigenvalue weighted by molar-refractivity contribution is 0.0967. The van der Waals surface area contributed by atoms with Crippen LogP contribution in [0.15, 0.2) is 12.4 Å². The lowest BCUT2D eigenvalue weighted by Crippen LogP contribution is -2.35. The molecule has 8 nitrogen and oxygen atoms in total. The molecule has 0 atom stereocenters. The third-order valence-electron chi connectivity index (χ3n) is 3.42. The molecule has 2 heterocycles. The van der Waals surface area contributed by atoms with Crippen LogP contribution in [-0.4, -0.2) is 41.0 Å². The van der Waals surface area contributed by atoms with Crippen LogP contribution in [0.1, 0.15) is 35.8 Å². The highest BCUT2D eigenvalue weighted by atomic mass is 35.5. The number of hydrogen-bond acceptors (Lipinski definition) is 6. The van der Waals surface area contributed by atoms with Crippen molar-refractivity contribution >= 4 is 58.2 Å². The van der Waals surface area contributed by atoms with Gasteiger partial charge >= 0.3 is 6.03 Å². The molecule has 0 saturated heterocycles. The maximum atomic E-state index is 12.4. The van der Waals surface area contributed by atoms with Gasteiger partial charge in [-0.3, -0.25) is 10.1 Å². The van der Waals surface area contributed by atoms with Crippen molar-refractivity contribution in [2.45, 2.75) is 19.8 Å². The third kappa shape index (κ3) is 4.97. The minimum absolute atomic E-state index is 0.0198. The topological polar surface area (TPSA) is 100 Å². The molecule has 0 aliphatic carbocycles. The zero-order valence-electron chi connectivity index (χ0n) is 15.0. The first-order valence-corrected chi connectivity index (χ1v) is 8.91. The van der Waals surface area contributed by atoms with Crippen molar-refractivity contribution in [3.63, 3.8) is 0 Å². The van der Waals surface area contributed by atoms with Crippen molar-refractivity contribution in [1.82, 2.24) is 20.3 Å². The third-order valence-corrected chi connectivity index (χ3v) is 4.39. The number of rotatable bonds is 4. The molecule has 0 radical (unpaired) electrons. The molecule has 144 valence electrons. The summed E-state index contributed by atoms with van der Waals surface area (Å²) in [6, 6.07) is 0.458. The van der Waals surface area contributed by atoms with E-state index in [4.69, 9.17) is 34.8 Å². The number of nitrogens with zero attached hydrogens (tertiary/aromatic N) is 4. The number of imide groups is 1. The van der Waals surface area contributed by atoms with E-state index in [-0.39, 0.29) is 26.8 Å². The van der Waals surface area contributed by atoms with E-state index >= 15 is 0 Å². The summed E-state index contributed by atoms with van der Waals surface area (Å²) in [6.45, 7) is 3.86. The fourth-order valence-corrected chi connectivity index (χ4v) is 2.76. The number of carbonyl (C=O) groups excluding carboxylic acids is 2. The van der Waals surface area contributed by atoms with Crippen molar-refractivity contribution in [1.29, 1.82) is 0 Å². The van der Waals surface area contributed by atoms with Crippen molar-refractivity contribution in [3.05, 3.63) is 39.0 Å². The van der Waals surface area contributed by atoms with E-state index < -0.39 is 11.9 Å². The monoisotopic (exact) mass is 430 g/mol. The molecule has 11 heteroatoms. The highest BCUT2D eigenvalue weighted by Crippen LogP contribution is 2.29. The van der Waals surface area contributed by atoms with Crippen LogP contribution < -0.4 is 15.5 Å². The Morgan fingerprint density at radius 3 is 2.37 bits per heavy atom. The highest BCUT2D eigenvalue weighted by Gasteiger charge is 2.21. The average Bonchev–Trinajstić information content (AvgIpc) is 2.57. The number of anilines is 2. The number of aromatic nitrogens is 3. The zero-order chi connectivity index (χ0) is 20.3. The van der Waals surface area contributed by atoms with Gasteiger partial charge in [-0.05, 0) is 12.0 Å². The van der Waals surface area contributed by atoms with E-state index in [1.807, 2.05) is 13.8 Å². The molecule has 2 rings (SSSR count). The van der Waals surface area contributed by atoms with Gasteiger partial charge in [0.2, 0.25) is 0 Å². The Balaban J connectivity index is 2.26. The van der Waals surface area contributed by atoms with Gasteiger partial charge < -0.3 is 10.2 Å². The SMILES string of the molecule is CC(C)c1ncnc(N(C)C)c1NC(=O)NC(=O)c1cc(Cl)c(Cl)nc1Cl. The molecule has 0 saturated carbocycles. The van der Waals surface area contributed by atoms with Crippen LogP contribution in [0.25, 0.3) is 0 Å². The number of carbonyl (C=O) groups is 2.